The predicted molar refractivity (Wildman–Crippen MR) is 117 cm³/mol. The van der Waals surface area contributed by atoms with Crippen molar-refractivity contribution < 1.29 is 32.2 Å². The van der Waals surface area contributed by atoms with Crippen molar-refractivity contribution in [1.82, 2.24) is 4.31 Å². The molecule has 1 aliphatic rings. The van der Waals surface area contributed by atoms with E-state index < -0.39 is 27.9 Å². The molecule has 1 unspecified atom stereocenters. The van der Waals surface area contributed by atoms with E-state index in [1.165, 1.54) is 42.8 Å². The number of ether oxygens (including phenoxy) is 3. The van der Waals surface area contributed by atoms with Crippen LogP contribution in [0.2, 0.25) is 0 Å². The lowest BCUT2D eigenvalue weighted by Gasteiger charge is -2.24. The minimum atomic E-state index is -3.95. The second kappa shape index (κ2) is 10.0. The third kappa shape index (κ3) is 4.86. The predicted octanol–water partition coefficient (Wildman–Crippen LogP) is 2.67. The summed E-state index contributed by atoms with van der Waals surface area (Å²) in [4.78, 5) is 24.9. The third-order valence-corrected chi connectivity index (χ3v) is 7.01. The summed E-state index contributed by atoms with van der Waals surface area (Å²) in [7, 11) is -1.07. The Labute approximate surface area is 187 Å². The zero-order valence-corrected chi connectivity index (χ0v) is 19.0. The topological polar surface area (TPSA) is 111 Å². The van der Waals surface area contributed by atoms with Crippen LogP contribution in [0.25, 0.3) is 0 Å². The fourth-order valence-electron chi connectivity index (χ4n) is 3.57. The maximum absolute atomic E-state index is 13.3. The molecule has 0 bridgehead atoms. The quantitative estimate of drug-likeness (QED) is 0.601. The molecule has 10 heteroatoms. The van der Waals surface area contributed by atoms with Gasteiger partial charge in [-0.05, 0) is 50.1 Å². The van der Waals surface area contributed by atoms with Crippen LogP contribution in [0.4, 0.5) is 5.69 Å². The largest absolute Gasteiger partial charge is 0.493 e. The molecule has 0 saturated carbocycles. The van der Waals surface area contributed by atoms with Crippen LogP contribution in [-0.2, 0) is 19.6 Å². The van der Waals surface area contributed by atoms with Crippen LogP contribution in [0.3, 0.4) is 0 Å². The first-order chi connectivity index (χ1) is 15.3. The Morgan fingerprint density at radius 3 is 2.53 bits per heavy atom. The Kier molecular flexibility index (Phi) is 7.37. The normalized spacial score (nSPS) is 16.4. The Morgan fingerprint density at radius 2 is 1.84 bits per heavy atom. The van der Waals surface area contributed by atoms with Crippen molar-refractivity contribution in [2.24, 2.45) is 0 Å². The first kappa shape index (κ1) is 23.6. The zero-order chi connectivity index (χ0) is 23.3. The molecule has 1 atom stereocenters. The van der Waals surface area contributed by atoms with E-state index in [4.69, 9.17) is 14.2 Å². The monoisotopic (exact) mass is 462 g/mol. The van der Waals surface area contributed by atoms with Crippen molar-refractivity contribution >= 4 is 27.6 Å². The fourth-order valence-corrected chi connectivity index (χ4v) is 5.24. The second-order valence-electron chi connectivity index (χ2n) is 7.08. The van der Waals surface area contributed by atoms with E-state index in [9.17, 15) is 18.0 Å². The van der Waals surface area contributed by atoms with Crippen LogP contribution in [0.15, 0.2) is 47.4 Å². The van der Waals surface area contributed by atoms with E-state index in [0.717, 1.165) is 0 Å². The molecule has 1 saturated heterocycles. The molecule has 0 aliphatic carbocycles. The molecule has 1 amide bonds. The first-order valence-corrected chi connectivity index (χ1v) is 11.6. The van der Waals surface area contributed by atoms with Crippen molar-refractivity contribution in [1.29, 1.82) is 0 Å². The van der Waals surface area contributed by atoms with Gasteiger partial charge in [0.05, 0.1) is 31.3 Å². The molecule has 1 fully saturated rings. The summed E-state index contributed by atoms with van der Waals surface area (Å²) in [5, 5.41) is 2.72. The number of esters is 1. The number of hydrogen-bond donors (Lipinski definition) is 1. The molecule has 1 N–H and O–H groups in total. The van der Waals surface area contributed by atoms with E-state index in [1.807, 2.05) is 0 Å². The highest BCUT2D eigenvalue weighted by molar-refractivity contribution is 7.89. The minimum Gasteiger partial charge on any atom is -0.493 e. The number of nitrogens with zero attached hydrogens (tertiary/aromatic N) is 1. The van der Waals surface area contributed by atoms with Crippen LogP contribution >= 0.6 is 0 Å². The van der Waals surface area contributed by atoms with Gasteiger partial charge in [0, 0.05) is 18.3 Å². The minimum absolute atomic E-state index is 0.0131. The van der Waals surface area contributed by atoms with Gasteiger partial charge < -0.3 is 19.5 Å². The van der Waals surface area contributed by atoms with Gasteiger partial charge in [-0.2, -0.15) is 4.31 Å². The average Bonchev–Trinajstić information content (AvgIpc) is 3.30. The van der Waals surface area contributed by atoms with Crippen molar-refractivity contribution in [3.63, 3.8) is 0 Å². The standard InChI is InChI=1S/C22H26N2O7S/c1-4-31-22(26)15-7-5-8-16(13-15)23-21(25)18-9-6-12-24(18)32(27,28)17-10-11-19(29-2)20(14-17)30-3/h5,7-8,10-11,13-14,18H,4,6,9,12H2,1-3H3,(H,23,25). The number of carbonyl (C=O) groups is 2. The van der Waals surface area contributed by atoms with Gasteiger partial charge in [-0.25, -0.2) is 13.2 Å². The van der Waals surface area contributed by atoms with E-state index in [0.29, 0.717) is 29.8 Å². The molecule has 9 nitrogen and oxygen atoms in total. The Balaban J connectivity index is 1.81. The number of carbonyl (C=O) groups excluding carboxylic acids is 2. The van der Waals surface area contributed by atoms with Gasteiger partial charge >= 0.3 is 5.97 Å². The summed E-state index contributed by atoms with van der Waals surface area (Å²) >= 11 is 0. The smallest absolute Gasteiger partial charge is 0.338 e. The van der Waals surface area contributed by atoms with Crippen LogP contribution in [0.1, 0.15) is 30.1 Å². The lowest BCUT2D eigenvalue weighted by atomic mass is 10.2. The third-order valence-electron chi connectivity index (χ3n) is 5.11. The van der Waals surface area contributed by atoms with E-state index >= 15 is 0 Å². The van der Waals surface area contributed by atoms with Gasteiger partial charge in [0.2, 0.25) is 15.9 Å². The van der Waals surface area contributed by atoms with Gasteiger partial charge in [-0.1, -0.05) is 6.07 Å². The number of benzene rings is 2. The molecular weight excluding hydrogens is 436 g/mol. The molecular formula is C22H26N2O7S. The molecule has 3 rings (SSSR count). The summed E-state index contributed by atoms with van der Waals surface area (Å²) < 4.78 is 43.1. The maximum atomic E-state index is 13.3. The zero-order valence-electron chi connectivity index (χ0n) is 18.2. The number of amides is 1. The van der Waals surface area contributed by atoms with Gasteiger partial charge in [-0.15, -0.1) is 0 Å². The molecule has 172 valence electrons. The van der Waals surface area contributed by atoms with Crippen LogP contribution in [-0.4, -0.2) is 58.0 Å². The van der Waals surface area contributed by atoms with Crippen molar-refractivity contribution in [3.05, 3.63) is 48.0 Å². The van der Waals surface area contributed by atoms with Crippen LogP contribution in [0.5, 0.6) is 11.5 Å². The Hall–Kier alpha value is -3.11. The number of rotatable bonds is 8. The number of anilines is 1. The van der Waals surface area contributed by atoms with Crippen LogP contribution < -0.4 is 14.8 Å². The molecule has 1 heterocycles. The van der Waals surface area contributed by atoms with E-state index in [1.54, 1.807) is 25.1 Å². The van der Waals surface area contributed by atoms with E-state index in [-0.39, 0.29) is 23.8 Å². The SMILES string of the molecule is CCOC(=O)c1cccc(NC(=O)C2CCCN2S(=O)(=O)c2ccc(OC)c(OC)c2)c1. The van der Waals surface area contributed by atoms with E-state index in [2.05, 4.69) is 5.32 Å². The lowest BCUT2D eigenvalue weighted by Crippen LogP contribution is -2.43. The highest BCUT2D eigenvalue weighted by atomic mass is 32.2. The lowest BCUT2D eigenvalue weighted by molar-refractivity contribution is -0.119. The summed E-state index contributed by atoms with van der Waals surface area (Å²) in [6.07, 6.45) is 0.934. The molecule has 32 heavy (non-hydrogen) atoms. The fraction of sp³-hybridized carbons (Fsp3) is 0.364. The van der Waals surface area contributed by atoms with Crippen molar-refractivity contribution in [2.45, 2.75) is 30.7 Å². The highest BCUT2D eigenvalue weighted by Gasteiger charge is 2.39. The number of methoxy groups -OCH3 is 2. The molecule has 0 aromatic heterocycles. The first-order valence-electron chi connectivity index (χ1n) is 10.1. The number of nitrogens with one attached hydrogen (secondary N) is 1. The number of sulfonamides is 1. The summed E-state index contributed by atoms with van der Waals surface area (Å²) in [5.41, 5.74) is 0.682. The van der Waals surface area contributed by atoms with Gasteiger partial charge in [-0.3, -0.25) is 4.79 Å². The van der Waals surface area contributed by atoms with Crippen molar-refractivity contribution in [2.75, 3.05) is 32.7 Å². The molecule has 0 spiro atoms. The second-order valence-corrected chi connectivity index (χ2v) is 8.97. The van der Waals surface area contributed by atoms with Gasteiger partial charge in [0.1, 0.15) is 6.04 Å². The summed E-state index contributed by atoms with van der Waals surface area (Å²) in [6, 6.07) is 9.76. The highest BCUT2D eigenvalue weighted by Crippen LogP contribution is 2.33. The Morgan fingerprint density at radius 1 is 1.09 bits per heavy atom. The van der Waals surface area contributed by atoms with Crippen molar-refractivity contribution in [3.8, 4) is 11.5 Å². The van der Waals surface area contributed by atoms with Crippen LogP contribution in [0, 0.1) is 0 Å². The van der Waals surface area contributed by atoms with Gasteiger partial charge in [0.15, 0.2) is 11.5 Å². The maximum Gasteiger partial charge on any atom is 0.338 e. The molecule has 2 aromatic carbocycles. The molecule has 2 aromatic rings. The molecule has 1 aliphatic heterocycles. The summed E-state index contributed by atoms with van der Waals surface area (Å²) in [6.45, 7) is 2.16. The Bertz CT molecular complexity index is 1100. The average molecular weight is 463 g/mol. The van der Waals surface area contributed by atoms with Gasteiger partial charge in [0.25, 0.3) is 0 Å². The number of hydrogen-bond acceptors (Lipinski definition) is 7. The molecule has 0 radical (unpaired) electrons. The summed E-state index contributed by atoms with van der Waals surface area (Å²) in [5.74, 6) is -0.275.